The molecule has 2 aromatic rings. The smallest absolute Gasteiger partial charge is 0.225 e. The SMILES string of the molecule is O=C(C1CC1)N1CCN(c2ccnc3c2C=C(c2cnn(C4CCC4)c2)C3)CC1. The molecule has 0 spiro atoms. The Balaban J connectivity index is 1.21. The third-order valence-corrected chi connectivity index (χ3v) is 7.01. The lowest BCUT2D eigenvalue weighted by molar-refractivity contribution is -0.132. The third-order valence-electron chi connectivity index (χ3n) is 7.01. The van der Waals surface area contributed by atoms with Gasteiger partial charge in [-0.15, -0.1) is 0 Å². The number of nitrogens with zero attached hydrogens (tertiary/aromatic N) is 5. The van der Waals surface area contributed by atoms with Gasteiger partial charge in [0.2, 0.25) is 5.91 Å². The number of fused-ring (bicyclic) bond motifs is 1. The van der Waals surface area contributed by atoms with E-state index in [0.717, 1.165) is 51.1 Å². The Morgan fingerprint density at radius 2 is 1.90 bits per heavy atom. The molecule has 2 aromatic heterocycles. The van der Waals surface area contributed by atoms with Crippen molar-refractivity contribution < 1.29 is 4.79 Å². The van der Waals surface area contributed by atoms with Gasteiger partial charge in [0.1, 0.15) is 0 Å². The van der Waals surface area contributed by atoms with Gasteiger partial charge in [-0.05, 0) is 49.8 Å². The fourth-order valence-electron chi connectivity index (χ4n) is 4.78. The van der Waals surface area contributed by atoms with E-state index in [4.69, 9.17) is 0 Å². The Morgan fingerprint density at radius 1 is 1.07 bits per heavy atom. The maximum absolute atomic E-state index is 12.3. The molecule has 2 saturated carbocycles. The van der Waals surface area contributed by atoms with Gasteiger partial charge in [-0.1, -0.05) is 0 Å². The Hall–Kier alpha value is -2.63. The van der Waals surface area contributed by atoms with Gasteiger partial charge in [0, 0.05) is 67.7 Å². The molecule has 3 fully saturated rings. The predicted molar refractivity (Wildman–Crippen MR) is 112 cm³/mol. The largest absolute Gasteiger partial charge is 0.367 e. The van der Waals surface area contributed by atoms with E-state index < -0.39 is 0 Å². The summed E-state index contributed by atoms with van der Waals surface area (Å²) in [6.07, 6.45) is 15.3. The van der Waals surface area contributed by atoms with E-state index in [0.29, 0.717) is 17.9 Å². The van der Waals surface area contributed by atoms with Gasteiger partial charge < -0.3 is 9.80 Å². The molecule has 0 aromatic carbocycles. The van der Waals surface area contributed by atoms with Crippen molar-refractivity contribution in [1.29, 1.82) is 0 Å². The molecule has 0 radical (unpaired) electrons. The second kappa shape index (κ2) is 6.71. The fourth-order valence-corrected chi connectivity index (χ4v) is 4.78. The summed E-state index contributed by atoms with van der Waals surface area (Å²) in [5.41, 5.74) is 6.20. The number of piperazine rings is 1. The Bertz CT molecular complexity index is 977. The highest BCUT2D eigenvalue weighted by atomic mass is 16.2. The van der Waals surface area contributed by atoms with E-state index >= 15 is 0 Å². The van der Waals surface area contributed by atoms with Crippen LogP contribution in [0.2, 0.25) is 0 Å². The minimum atomic E-state index is 0.318. The van der Waals surface area contributed by atoms with Crippen LogP contribution >= 0.6 is 0 Å². The van der Waals surface area contributed by atoms with Crippen molar-refractivity contribution in [3.63, 3.8) is 0 Å². The molecule has 0 N–H and O–H groups in total. The number of rotatable bonds is 4. The van der Waals surface area contributed by atoms with Gasteiger partial charge >= 0.3 is 0 Å². The average molecular weight is 390 g/mol. The van der Waals surface area contributed by atoms with Gasteiger partial charge in [-0.25, -0.2) is 0 Å². The first-order valence-corrected chi connectivity index (χ1v) is 11.0. The third kappa shape index (κ3) is 3.05. The molecule has 3 aliphatic carbocycles. The number of anilines is 1. The predicted octanol–water partition coefficient (Wildman–Crippen LogP) is 3.16. The highest BCUT2D eigenvalue weighted by molar-refractivity contribution is 5.91. The molecular weight excluding hydrogens is 362 g/mol. The molecule has 6 heteroatoms. The number of hydrogen-bond donors (Lipinski definition) is 0. The minimum Gasteiger partial charge on any atom is -0.367 e. The zero-order chi connectivity index (χ0) is 19.4. The second-order valence-electron chi connectivity index (χ2n) is 8.92. The Labute approximate surface area is 171 Å². The van der Waals surface area contributed by atoms with Crippen LogP contribution in [0.4, 0.5) is 5.69 Å². The van der Waals surface area contributed by atoms with Crippen molar-refractivity contribution in [1.82, 2.24) is 19.7 Å². The van der Waals surface area contributed by atoms with Gasteiger partial charge in [-0.3, -0.25) is 14.5 Å². The molecule has 0 bridgehead atoms. The summed E-state index contributed by atoms with van der Waals surface area (Å²) < 4.78 is 2.15. The van der Waals surface area contributed by atoms with Crippen molar-refractivity contribution >= 4 is 23.2 Å². The number of carbonyl (C=O) groups is 1. The van der Waals surface area contributed by atoms with Crippen LogP contribution in [0, 0.1) is 5.92 Å². The lowest BCUT2D eigenvalue weighted by Gasteiger charge is -2.37. The lowest BCUT2D eigenvalue weighted by Crippen LogP contribution is -2.49. The van der Waals surface area contributed by atoms with E-state index in [2.05, 4.69) is 42.9 Å². The van der Waals surface area contributed by atoms with Gasteiger partial charge in [0.05, 0.1) is 17.9 Å². The van der Waals surface area contributed by atoms with Gasteiger partial charge in [0.15, 0.2) is 0 Å². The topological polar surface area (TPSA) is 54.3 Å². The maximum Gasteiger partial charge on any atom is 0.225 e. The number of amides is 1. The standard InChI is InChI=1S/C23H27N5O/c29-23(16-4-5-16)27-10-8-26(9-11-27)22-6-7-24-21-13-17(12-20(21)22)18-14-25-28(15-18)19-2-1-3-19/h6-7,12,14-16,19H,1-5,8-11,13H2. The first-order valence-electron chi connectivity index (χ1n) is 11.0. The van der Waals surface area contributed by atoms with E-state index in [1.54, 1.807) is 0 Å². The highest BCUT2D eigenvalue weighted by Crippen LogP contribution is 2.38. The molecule has 29 heavy (non-hydrogen) atoms. The normalized spacial score (nSPS) is 21.7. The van der Waals surface area contributed by atoms with Crippen LogP contribution in [0.25, 0.3) is 11.6 Å². The van der Waals surface area contributed by atoms with Crippen LogP contribution in [-0.4, -0.2) is 51.8 Å². The number of allylic oxidation sites excluding steroid dienone is 1. The first-order chi connectivity index (χ1) is 14.3. The summed E-state index contributed by atoms with van der Waals surface area (Å²) >= 11 is 0. The quantitative estimate of drug-likeness (QED) is 0.806. The second-order valence-corrected chi connectivity index (χ2v) is 8.92. The van der Waals surface area contributed by atoms with Crippen LogP contribution in [-0.2, 0) is 11.2 Å². The zero-order valence-electron chi connectivity index (χ0n) is 16.8. The van der Waals surface area contributed by atoms with E-state index in [9.17, 15) is 4.79 Å². The van der Waals surface area contributed by atoms with E-state index in [1.165, 1.54) is 41.6 Å². The Kier molecular flexibility index (Phi) is 3.99. The average Bonchev–Trinajstić information content (AvgIpc) is 3.29. The molecule has 0 unspecified atom stereocenters. The Morgan fingerprint density at radius 3 is 2.62 bits per heavy atom. The summed E-state index contributed by atoms with van der Waals surface area (Å²) in [6, 6.07) is 2.73. The summed E-state index contributed by atoms with van der Waals surface area (Å²) in [4.78, 5) is 21.5. The summed E-state index contributed by atoms with van der Waals surface area (Å²) in [5.74, 6) is 0.688. The summed E-state index contributed by atoms with van der Waals surface area (Å²) in [7, 11) is 0. The molecule has 4 aliphatic rings. The molecule has 0 atom stereocenters. The van der Waals surface area contributed by atoms with Crippen molar-refractivity contribution in [3.05, 3.63) is 41.5 Å². The number of hydrogen-bond acceptors (Lipinski definition) is 4. The fraction of sp³-hybridized carbons (Fsp3) is 0.522. The molecule has 3 heterocycles. The van der Waals surface area contributed by atoms with Gasteiger partial charge in [0.25, 0.3) is 0 Å². The van der Waals surface area contributed by atoms with Crippen LogP contribution in [0.5, 0.6) is 0 Å². The highest BCUT2D eigenvalue weighted by Gasteiger charge is 2.35. The zero-order valence-corrected chi connectivity index (χ0v) is 16.8. The molecular formula is C23H27N5O. The number of carbonyl (C=O) groups excluding carboxylic acids is 1. The molecule has 1 amide bonds. The summed E-state index contributed by atoms with van der Waals surface area (Å²) in [5, 5.41) is 4.61. The molecule has 1 saturated heterocycles. The molecule has 1 aliphatic heterocycles. The van der Waals surface area contributed by atoms with Crippen LogP contribution in [0.3, 0.4) is 0 Å². The molecule has 6 rings (SSSR count). The van der Waals surface area contributed by atoms with Crippen molar-refractivity contribution in [3.8, 4) is 0 Å². The van der Waals surface area contributed by atoms with E-state index in [-0.39, 0.29) is 0 Å². The minimum absolute atomic E-state index is 0.318. The van der Waals surface area contributed by atoms with Crippen LogP contribution in [0.15, 0.2) is 24.7 Å². The van der Waals surface area contributed by atoms with Crippen molar-refractivity contribution in [2.45, 2.75) is 44.6 Å². The number of pyridine rings is 1. The van der Waals surface area contributed by atoms with Crippen LogP contribution < -0.4 is 4.90 Å². The van der Waals surface area contributed by atoms with Crippen molar-refractivity contribution in [2.75, 3.05) is 31.1 Å². The van der Waals surface area contributed by atoms with E-state index in [1.807, 2.05) is 12.4 Å². The maximum atomic E-state index is 12.3. The first kappa shape index (κ1) is 17.2. The lowest BCUT2D eigenvalue weighted by atomic mass is 9.93. The molecule has 6 nitrogen and oxygen atoms in total. The van der Waals surface area contributed by atoms with Crippen LogP contribution in [0.1, 0.15) is 55.0 Å². The monoisotopic (exact) mass is 389 g/mol. The van der Waals surface area contributed by atoms with Crippen molar-refractivity contribution in [2.24, 2.45) is 5.92 Å². The number of aromatic nitrogens is 3. The summed E-state index contributed by atoms with van der Waals surface area (Å²) in [6.45, 7) is 3.46. The van der Waals surface area contributed by atoms with Gasteiger partial charge in [-0.2, -0.15) is 5.10 Å². The molecule has 150 valence electrons.